The van der Waals surface area contributed by atoms with Crippen molar-refractivity contribution in [3.05, 3.63) is 29.8 Å². The number of hydrogen-bond acceptors (Lipinski definition) is 8. The van der Waals surface area contributed by atoms with E-state index in [2.05, 4.69) is 10.6 Å². The van der Waals surface area contributed by atoms with Gasteiger partial charge in [-0.3, -0.25) is 19.2 Å². The molecule has 224 valence electrons. The maximum atomic E-state index is 14.2. The lowest BCUT2D eigenvalue weighted by Gasteiger charge is -2.44. The second kappa shape index (κ2) is 15.1. The zero-order valence-corrected chi connectivity index (χ0v) is 24.5. The molecule has 5 N–H and O–H groups in total. The van der Waals surface area contributed by atoms with E-state index in [0.29, 0.717) is 6.42 Å². The van der Waals surface area contributed by atoms with Crippen LogP contribution in [0.15, 0.2) is 24.3 Å². The van der Waals surface area contributed by atoms with E-state index in [9.17, 15) is 29.1 Å². The molecule has 2 atom stereocenters. The molecule has 4 amide bonds. The first-order chi connectivity index (χ1) is 18.5. The number of alkyl carbamates (subject to hydrolysis) is 1. The molecule has 0 radical (unpaired) electrons. The average molecular weight is 565 g/mol. The summed E-state index contributed by atoms with van der Waals surface area (Å²) in [4.78, 5) is 65.3. The van der Waals surface area contributed by atoms with Crippen molar-refractivity contribution in [2.24, 2.45) is 5.73 Å². The van der Waals surface area contributed by atoms with E-state index in [1.807, 2.05) is 6.92 Å². The molecular formula is C28H44N4O8. The fourth-order valence-electron chi connectivity index (χ4n) is 3.84. The van der Waals surface area contributed by atoms with Crippen LogP contribution in [0.3, 0.4) is 0 Å². The minimum Gasteiger partial charge on any atom is -0.508 e. The standard InChI is InChI=1S/C28H44N4O8/c1-8-28(6,7)32(25(37)19(14-15-21(29)34)31-26(38)40-27(3,4)5)23(18-12-10-11-13-20(18)33)24(36)30-17-16-22(35)39-9-2/h10-13,19,23,33H,8-9,14-17H2,1-7H3,(H2,29,34)(H,30,36)(H,31,38). The smallest absolute Gasteiger partial charge is 0.408 e. The number of ether oxygens (including phenoxy) is 2. The van der Waals surface area contributed by atoms with Gasteiger partial charge in [-0.1, -0.05) is 25.1 Å². The first-order valence-corrected chi connectivity index (χ1v) is 13.4. The van der Waals surface area contributed by atoms with E-state index in [0.717, 1.165) is 0 Å². The maximum absolute atomic E-state index is 14.2. The molecule has 12 heteroatoms. The van der Waals surface area contributed by atoms with Gasteiger partial charge in [-0.25, -0.2) is 4.79 Å². The molecule has 40 heavy (non-hydrogen) atoms. The molecule has 0 aliphatic rings. The van der Waals surface area contributed by atoms with Gasteiger partial charge in [0.2, 0.25) is 17.7 Å². The molecule has 1 rings (SSSR count). The van der Waals surface area contributed by atoms with E-state index < -0.39 is 53.0 Å². The lowest BCUT2D eigenvalue weighted by Crippen LogP contribution is -2.59. The van der Waals surface area contributed by atoms with Crippen LogP contribution < -0.4 is 16.4 Å². The highest BCUT2D eigenvalue weighted by atomic mass is 16.6. The summed E-state index contributed by atoms with van der Waals surface area (Å²) in [5.41, 5.74) is 3.63. The number of nitrogens with zero attached hydrogens (tertiary/aromatic N) is 1. The van der Waals surface area contributed by atoms with Crippen molar-refractivity contribution in [2.45, 2.75) is 97.4 Å². The largest absolute Gasteiger partial charge is 0.508 e. The van der Waals surface area contributed by atoms with Crippen molar-refractivity contribution in [3.63, 3.8) is 0 Å². The number of benzene rings is 1. The third-order valence-electron chi connectivity index (χ3n) is 6.09. The van der Waals surface area contributed by atoms with Crippen LogP contribution in [0.2, 0.25) is 0 Å². The van der Waals surface area contributed by atoms with E-state index in [-0.39, 0.29) is 43.7 Å². The van der Waals surface area contributed by atoms with Crippen LogP contribution in [0.4, 0.5) is 4.79 Å². The molecule has 1 aromatic carbocycles. The van der Waals surface area contributed by atoms with Crippen molar-refractivity contribution < 1.29 is 38.6 Å². The van der Waals surface area contributed by atoms with Crippen molar-refractivity contribution in [3.8, 4) is 5.75 Å². The van der Waals surface area contributed by atoms with Crippen LogP contribution in [0.5, 0.6) is 5.75 Å². The Kier molecular flexibility index (Phi) is 12.9. The van der Waals surface area contributed by atoms with E-state index in [1.54, 1.807) is 53.7 Å². The van der Waals surface area contributed by atoms with Crippen molar-refractivity contribution in [1.82, 2.24) is 15.5 Å². The van der Waals surface area contributed by atoms with Crippen molar-refractivity contribution in [2.75, 3.05) is 13.2 Å². The molecule has 0 saturated carbocycles. The zero-order chi connectivity index (χ0) is 30.7. The number of aromatic hydroxyl groups is 1. The van der Waals surface area contributed by atoms with Crippen LogP contribution in [0.25, 0.3) is 0 Å². The van der Waals surface area contributed by atoms with E-state index >= 15 is 0 Å². The first-order valence-electron chi connectivity index (χ1n) is 13.4. The minimum absolute atomic E-state index is 0.0718. The van der Waals surface area contributed by atoms with Crippen molar-refractivity contribution >= 4 is 29.8 Å². The molecule has 0 aromatic heterocycles. The Morgan fingerprint density at radius 1 is 1.02 bits per heavy atom. The Balaban J connectivity index is 3.59. The summed E-state index contributed by atoms with van der Waals surface area (Å²) in [7, 11) is 0. The number of phenolic OH excluding ortho intramolecular Hbond substituents is 1. The number of carbonyl (C=O) groups is 5. The number of carbonyl (C=O) groups excluding carboxylic acids is 5. The average Bonchev–Trinajstić information content (AvgIpc) is 2.84. The van der Waals surface area contributed by atoms with Crippen LogP contribution in [-0.4, -0.2) is 70.1 Å². The van der Waals surface area contributed by atoms with Gasteiger partial charge in [0.15, 0.2) is 0 Å². The Morgan fingerprint density at radius 2 is 1.65 bits per heavy atom. The van der Waals surface area contributed by atoms with Gasteiger partial charge in [-0.05, 0) is 60.5 Å². The van der Waals surface area contributed by atoms with Crippen LogP contribution in [0, 0.1) is 0 Å². The Hall–Kier alpha value is -3.83. The number of phenols is 1. The molecule has 0 aliphatic heterocycles. The lowest BCUT2D eigenvalue weighted by molar-refractivity contribution is -0.150. The maximum Gasteiger partial charge on any atom is 0.408 e. The number of rotatable bonds is 14. The second-order valence-corrected chi connectivity index (χ2v) is 10.9. The number of primary amides is 1. The predicted octanol–water partition coefficient (Wildman–Crippen LogP) is 2.68. The fraction of sp³-hybridized carbons (Fsp3) is 0.607. The minimum atomic E-state index is -1.36. The number of nitrogens with one attached hydrogen (secondary N) is 2. The predicted molar refractivity (Wildman–Crippen MR) is 148 cm³/mol. The molecule has 1 aromatic rings. The van der Waals surface area contributed by atoms with Gasteiger partial charge in [-0.2, -0.15) is 0 Å². The van der Waals surface area contributed by atoms with Gasteiger partial charge in [0.1, 0.15) is 23.4 Å². The summed E-state index contributed by atoms with van der Waals surface area (Å²) in [5, 5.41) is 15.9. The van der Waals surface area contributed by atoms with Gasteiger partial charge in [0.05, 0.1) is 13.0 Å². The second-order valence-electron chi connectivity index (χ2n) is 10.9. The van der Waals surface area contributed by atoms with Gasteiger partial charge in [-0.15, -0.1) is 0 Å². The molecule has 12 nitrogen and oxygen atoms in total. The summed E-state index contributed by atoms with van der Waals surface area (Å²) >= 11 is 0. The molecule has 0 aliphatic carbocycles. The Bertz CT molecular complexity index is 1050. The molecular weight excluding hydrogens is 520 g/mol. The molecule has 2 unspecified atom stereocenters. The molecule has 0 bridgehead atoms. The SMILES string of the molecule is CCOC(=O)CCNC(=O)C(c1ccccc1O)N(C(=O)C(CCC(N)=O)NC(=O)OC(C)(C)C)C(C)(C)CC. The monoisotopic (exact) mass is 564 g/mol. The lowest BCUT2D eigenvalue weighted by atomic mass is 9.91. The quantitative estimate of drug-likeness (QED) is 0.249. The first kappa shape index (κ1) is 34.2. The molecule has 0 fully saturated rings. The zero-order valence-electron chi connectivity index (χ0n) is 24.5. The molecule has 0 spiro atoms. The van der Waals surface area contributed by atoms with Crippen LogP contribution in [0.1, 0.15) is 85.8 Å². The van der Waals surface area contributed by atoms with Crippen LogP contribution in [-0.2, 0) is 28.7 Å². The van der Waals surface area contributed by atoms with Gasteiger partial charge in [0, 0.05) is 24.1 Å². The Morgan fingerprint density at radius 3 is 2.17 bits per heavy atom. The third kappa shape index (κ3) is 10.7. The topological polar surface area (TPSA) is 177 Å². The number of hydrogen-bond donors (Lipinski definition) is 4. The third-order valence-corrected chi connectivity index (χ3v) is 6.09. The van der Waals surface area contributed by atoms with E-state index in [1.165, 1.54) is 17.0 Å². The number of para-hydroxylation sites is 1. The normalized spacial score (nSPS) is 13.0. The molecule has 0 heterocycles. The van der Waals surface area contributed by atoms with Crippen LogP contribution >= 0.6 is 0 Å². The highest BCUT2D eigenvalue weighted by molar-refractivity contribution is 5.93. The van der Waals surface area contributed by atoms with Gasteiger partial charge >= 0.3 is 12.1 Å². The van der Waals surface area contributed by atoms with Gasteiger partial charge < -0.3 is 35.8 Å². The summed E-state index contributed by atoms with van der Waals surface area (Å²) in [6, 6.07) is 3.44. The number of esters is 1. The van der Waals surface area contributed by atoms with Gasteiger partial charge in [0.25, 0.3) is 0 Å². The summed E-state index contributed by atoms with van der Waals surface area (Å²) in [6.07, 6.45) is -0.975. The highest BCUT2D eigenvalue weighted by Crippen LogP contribution is 2.36. The Labute approximate surface area is 235 Å². The van der Waals surface area contributed by atoms with E-state index in [4.69, 9.17) is 15.2 Å². The summed E-state index contributed by atoms with van der Waals surface area (Å²) in [6.45, 7) is 12.1. The van der Waals surface area contributed by atoms with Crippen molar-refractivity contribution in [1.29, 1.82) is 0 Å². The molecule has 0 saturated heterocycles. The number of nitrogens with two attached hydrogens (primary N) is 1. The summed E-state index contributed by atoms with van der Waals surface area (Å²) in [5.74, 6) is -2.76. The fourth-order valence-corrected chi connectivity index (χ4v) is 3.84. The number of amides is 4. The highest BCUT2D eigenvalue weighted by Gasteiger charge is 2.44. The summed E-state index contributed by atoms with van der Waals surface area (Å²) < 4.78 is 10.2.